The van der Waals surface area contributed by atoms with Crippen LogP contribution in [0.3, 0.4) is 0 Å². The summed E-state index contributed by atoms with van der Waals surface area (Å²) >= 11 is 4.57. The van der Waals surface area contributed by atoms with Crippen molar-refractivity contribution in [2.75, 3.05) is 59.3 Å². The molecule has 0 aromatic heterocycles. The van der Waals surface area contributed by atoms with Gasteiger partial charge in [-0.05, 0) is 40.0 Å². The van der Waals surface area contributed by atoms with E-state index >= 15 is 0 Å². The Balaban J connectivity index is 4.10. The minimum Gasteiger partial charge on any atom is -0.444 e. The third-order valence-electron chi connectivity index (χ3n) is 4.74. The lowest BCUT2D eigenvalue weighted by Crippen LogP contribution is -2.50. The molecule has 14 nitrogen and oxygen atoms in total. The molecule has 1 atom stereocenters. The Kier molecular flexibility index (Phi) is 20.3. The van der Waals surface area contributed by atoms with Crippen molar-refractivity contribution >= 4 is 46.8 Å². The molecule has 0 aliphatic heterocycles. The van der Waals surface area contributed by atoms with Gasteiger partial charge in [-0.1, -0.05) is 12.2 Å². The molecule has 0 aromatic carbocycles. The molecule has 0 bridgehead atoms. The van der Waals surface area contributed by atoms with Gasteiger partial charge in [0.1, 0.15) is 16.6 Å². The maximum atomic E-state index is 12.5. The van der Waals surface area contributed by atoms with Crippen molar-refractivity contribution in [3.05, 3.63) is 0 Å². The predicted molar refractivity (Wildman–Crippen MR) is 151 cm³/mol. The number of alkyl carbamates (subject to hydrolysis) is 1. The number of carbonyl (C=O) groups excluding carboxylic acids is 5. The van der Waals surface area contributed by atoms with E-state index in [0.29, 0.717) is 59.2 Å². The van der Waals surface area contributed by atoms with Gasteiger partial charge in [0.2, 0.25) is 23.5 Å². The second-order valence-electron chi connectivity index (χ2n) is 9.62. The van der Waals surface area contributed by atoms with Crippen molar-refractivity contribution < 1.29 is 42.9 Å². The topological polar surface area (TPSA) is 196 Å². The predicted octanol–water partition coefficient (Wildman–Crippen LogP) is -0.286. The summed E-state index contributed by atoms with van der Waals surface area (Å²) in [7, 11) is 0. The van der Waals surface area contributed by atoms with Gasteiger partial charge in [-0.2, -0.15) is 0 Å². The Morgan fingerprint density at radius 3 is 1.85 bits per heavy atom. The van der Waals surface area contributed by atoms with Crippen molar-refractivity contribution in [1.82, 2.24) is 21.3 Å². The third kappa shape index (κ3) is 23.0. The van der Waals surface area contributed by atoms with Crippen molar-refractivity contribution in [2.24, 2.45) is 5.73 Å². The summed E-state index contributed by atoms with van der Waals surface area (Å²) in [4.78, 5) is 58.8. The van der Waals surface area contributed by atoms with E-state index in [4.69, 9.17) is 24.7 Å². The fourth-order valence-corrected chi connectivity index (χ4v) is 2.91. The molecule has 0 aromatic rings. The molecule has 0 saturated carbocycles. The van der Waals surface area contributed by atoms with Crippen molar-refractivity contribution in [3.63, 3.8) is 0 Å². The lowest BCUT2D eigenvalue weighted by molar-refractivity contribution is -0.126. The quantitative estimate of drug-likeness (QED) is 0.0820. The maximum Gasteiger partial charge on any atom is 0.408 e. The van der Waals surface area contributed by atoms with Crippen LogP contribution in [-0.2, 0) is 38.1 Å². The first-order valence-electron chi connectivity index (χ1n) is 13.2. The van der Waals surface area contributed by atoms with Crippen LogP contribution in [0.5, 0.6) is 0 Å². The Bertz CT molecular complexity index is 821. The van der Waals surface area contributed by atoms with Gasteiger partial charge in [0, 0.05) is 39.6 Å². The number of amides is 4. The number of thiocarbonyl (C=S) groups is 1. The van der Waals surface area contributed by atoms with E-state index in [1.54, 1.807) is 20.8 Å². The standard InChI is InChI=1S/C25H45N5O9S/c1-18(31)27-9-5-11-36-13-15-38-16-14-37-12-6-10-28-21(33)8-7-19(30-24(35)39-25(2,3)4)23(34)29-17-20(32)22(26)40/h19H,5-17H2,1-4H3,(H2,26,40)(H,27,31)(H,28,33)(H,29,34)(H,30,35)/t19-/m0/s1. The van der Waals surface area contributed by atoms with E-state index < -0.39 is 36.0 Å². The van der Waals surface area contributed by atoms with Crippen LogP contribution in [0.1, 0.15) is 53.4 Å². The number of Topliss-reactive ketones (excluding diaryl/α,β-unsaturated/α-hetero) is 1. The smallest absolute Gasteiger partial charge is 0.408 e. The molecule has 0 aliphatic rings. The van der Waals surface area contributed by atoms with Crippen LogP contribution in [0.25, 0.3) is 0 Å². The van der Waals surface area contributed by atoms with Crippen LogP contribution in [0.15, 0.2) is 0 Å². The number of nitrogens with one attached hydrogen (secondary N) is 4. The molecule has 230 valence electrons. The van der Waals surface area contributed by atoms with E-state index in [1.807, 2.05) is 0 Å². The highest BCUT2D eigenvalue weighted by Gasteiger charge is 2.25. The molecule has 0 fully saturated rings. The first-order valence-corrected chi connectivity index (χ1v) is 13.6. The summed E-state index contributed by atoms with van der Waals surface area (Å²) in [6.07, 6.45) is 0.405. The second kappa shape index (κ2) is 21.9. The van der Waals surface area contributed by atoms with Gasteiger partial charge >= 0.3 is 6.09 Å². The molecule has 0 radical (unpaired) electrons. The van der Waals surface area contributed by atoms with Gasteiger partial charge in [-0.3, -0.25) is 19.2 Å². The summed E-state index contributed by atoms with van der Waals surface area (Å²) in [5, 5.41) is 10.2. The van der Waals surface area contributed by atoms with Gasteiger partial charge in [0.05, 0.1) is 33.0 Å². The fourth-order valence-electron chi connectivity index (χ4n) is 2.84. The summed E-state index contributed by atoms with van der Waals surface area (Å²) < 4.78 is 21.4. The van der Waals surface area contributed by atoms with Crippen LogP contribution < -0.4 is 27.0 Å². The Morgan fingerprint density at radius 2 is 1.35 bits per heavy atom. The zero-order valence-electron chi connectivity index (χ0n) is 23.9. The first kappa shape index (κ1) is 37.1. The van der Waals surface area contributed by atoms with Crippen molar-refractivity contribution in [2.45, 2.75) is 65.0 Å². The molecule has 4 amide bonds. The molecule has 0 rings (SSSR count). The molecule has 0 saturated heterocycles. The monoisotopic (exact) mass is 591 g/mol. The molecule has 6 N–H and O–H groups in total. The Hall–Kier alpha value is -2.88. The summed E-state index contributed by atoms with van der Waals surface area (Å²) in [5.41, 5.74) is 4.45. The van der Waals surface area contributed by atoms with E-state index in [2.05, 4.69) is 33.5 Å². The van der Waals surface area contributed by atoms with E-state index in [9.17, 15) is 24.0 Å². The van der Waals surface area contributed by atoms with E-state index in [0.717, 1.165) is 6.42 Å². The van der Waals surface area contributed by atoms with Crippen LogP contribution in [-0.4, -0.2) is 106 Å². The third-order valence-corrected chi connectivity index (χ3v) is 4.96. The molecule has 0 aliphatic carbocycles. The normalized spacial score (nSPS) is 11.7. The number of ketones is 1. The van der Waals surface area contributed by atoms with Crippen LogP contribution in [0.2, 0.25) is 0 Å². The highest BCUT2D eigenvalue weighted by molar-refractivity contribution is 7.82. The number of nitrogens with two attached hydrogens (primary N) is 1. The largest absolute Gasteiger partial charge is 0.444 e. The summed E-state index contributed by atoms with van der Waals surface area (Å²) in [6.45, 7) is 9.70. The molecule has 0 unspecified atom stereocenters. The number of rotatable bonds is 22. The van der Waals surface area contributed by atoms with Gasteiger partial charge in [0.25, 0.3) is 0 Å². The number of ether oxygens (including phenoxy) is 4. The fraction of sp³-hybridized carbons (Fsp3) is 0.760. The zero-order chi connectivity index (χ0) is 30.4. The molecular formula is C25H45N5O9S. The van der Waals surface area contributed by atoms with Gasteiger partial charge in [-0.25, -0.2) is 4.79 Å². The maximum absolute atomic E-state index is 12.5. The van der Waals surface area contributed by atoms with E-state index in [1.165, 1.54) is 6.92 Å². The highest BCUT2D eigenvalue weighted by atomic mass is 32.1. The number of hydrogen-bond acceptors (Lipinski definition) is 10. The number of hydrogen-bond donors (Lipinski definition) is 5. The van der Waals surface area contributed by atoms with Gasteiger partial charge in [0.15, 0.2) is 0 Å². The van der Waals surface area contributed by atoms with E-state index in [-0.39, 0.29) is 29.6 Å². The van der Waals surface area contributed by atoms with Crippen LogP contribution >= 0.6 is 12.2 Å². The molecule has 0 spiro atoms. The van der Waals surface area contributed by atoms with Gasteiger partial charge in [-0.15, -0.1) is 0 Å². The Morgan fingerprint density at radius 1 is 0.825 bits per heavy atom. The molecule has 15 heteroatoms. The average Bonchev–Trinajstić information content (AvgIpc) is 2.85. The number of carbonyl (C=O) groups is 5. The second-order valence-corrected chi connectivity index (χ2v) is 10.1. The molecule has 40 heavy (non-hydrogen) atoms. The highest BCUT2D eigenvalue weighted by Crippen LogP contribution is 2.08. The van der Waals surface area contributed by atoms with Crippen molar-refractivity contribution in [1.29, 1.82) is 0 Å². The Labute approximate surface area is 241 Å². The first-order chi connectivity index (χ1) is 18.8. The SMILES string of the molecule is CC(=O)NCCCOCCOCCOCCCNC(=O)CC[C@H](NC(=O)OC(C)(C)C)C(=O)NCC(=O)C(N)=S. The summed E-state index contributed by atoms with van der Waals surface area (Å²) in [5.74, 6) is -1.68. The molecule has 0 heterocycles. The average molecular weight is 592 g/mol. The lowest BCUT2D eigenvalue weighted by atomic mass is 10.1. The minimum atomic E-state index is -1.11. The van der Waals surface area contributed by atoms with Crippen LogP contribution in [0.4, 0.5) is 4.79 Å². The van der Waals surface area contributed by atoms with Gasteiger partial charge < -0.3 is 45.9 Å². The summed E-state index contributed by atoms with van der Waals surface area (Å²) in [6, 6.07) is -1.11. The molecular weight excluding hydrogens is 546 g/mol. The minimum absolute atomic E-state index is 0.0228. The zero-order valence-corrected chi connectivity index (χ0v) is 24.7. The van der Waals surface area contributed by atoms with Crippen LogP contribution in [0, 0.1) is 0 Å². The van der Waals surface area contributed by atoms with Crippen molar-refractivity contribution in [3.8, 4) is 0 Å². The lowest BCUT2D eigenvalue weighted by Gasteiger charge is -2.23.